The lowest BCUT2D eigenvalue weighted by molar-refractivity contribution is 0.102. The molecule has 6 heteroatoms. The number of carbonyl (C=O) groups is 1. The highest BCUT2D eigenvalue weighted by Crippen LogP contribution is 2.19. The van der Waals surface area contributed by atoms with Crippen LogP contribution < -0.4 is 5.32 Å². The topological polar surface area (TPSA) is 72.7 Å². The molecule has 0 fully saturated rings. The van der Waals surface area contributed by atoms with Gasteiger partial charge in [-0.3, -0.25) is 4.79 Å². The second-order valence-electron chi connectivity index (χ2n) is 7.44. The Bertz CT molecular complexity index is 1120. The molecule has 1 heterocycles. The first-order chi connectivity index (χ1) is 14.6. The second-order valence-corrected chi connectivity index (χ2v) is 7.44. The van der Waals surface area contributed by atoms with E-state index in [4.69, 9.17) is 0 Å². The molecular weight excluding hydrogens is 374 g/mol. The molecule has 0 spiro atoms. The molecule has 6 nitrogen and oxygen atoms in total. The first-order valence-electron chi connectivity index (χ1n) is 9.92. The maximum atomic E-state index is 12.4. The fourth-order valence-corrected chi connectivity index (χ4v) is 3.09. The Hall–Kier alpha value is -3.80. The van der Waals surface area contributed by atoms with Crippen LogP contribution in [0, 0.1) is 0 Å². The fraction of sp³-hybridized carbons (Fsp3) is 0.167. The van der Waals surface area contributed by atoms with Gasteiger partial charge in [-0.1, -0.05) is 68.4 Å². The van der Waals surface area contributed by atoms with Crippen LogP contribution in [-0.2, 0) is 6.54 Å². The monoisotopic (exact) mass is 397 g/mol. The molecule has 0 saturated carbocycles. The number of anilines is 1. The Kier molecular flexibility index (Phi) is 5.66. The van der Waals surface area contributed by atoms with Gasteiger partial charge in [-0.05, 0) is 46.5 Å². The number of nitrogens with one attached hydrogen (secondary N) is 1. The van der Waals surface area contributed by atoms with Crippen LogP contribution in [0.15, 0.2) is 78.9 Å². The van der Waals surface area contributed by atoms with Crippen molar-refractivity contribution in [1.29, 1.82) is 0 Å². The van der Waals surface area contributed by atoms with Gasteiger partial charge in [0.2, 0.25) is 5.82 Å². The Morgan fingerprint density at radius 3 is 2.30 bits per heavy atom. The molecule has 0 unspecified atom stereocenters. The number of hydrogen-bond acceptors (Lipinski definition) is 4. The number of para-hydroxylation sites is 1. The lowest BCUT2D eigenvalue weighted by Crippen LogP contribution is -2.12. The SMILES string of the molecule is CC(C)c1ccc(-c2nnn(Cc3ccc(C(=O)Nc4ccccc4)cc3)n2)cc1. The van der Waals surface area contributed by atoms with E-state index < -0.39 is 0 Å². The number of aromatic nitrogens is 4. The molecule has 1 N–H and O–H groups in total. The van der Waals surface area contributed by atoms with Gasteiger partial charge in [0.05, 0.1) is 6.54 Å². The summed E-state index contributed by atoms with van der Waals surface area (Å²) in [6.07, 6.45) is 0. The minimum Gasteiger partial charge on any atom is -0.322 e. The summed E-state index contributed by atoms with van der Waals surface area (Å²) in [7, 11) is 0. The molecule has 150 valence electrons. The van der Waals surface area contributed by atoms with E-state index in [0.717, 1.165) is 16.8 Å². The number of hydrogen-bond donors (Lipinski definition) is 1. The molecule has 30 heavy (non-hydrogen) atoms. The summed E-state index contributed by atoms with van der Waals surface area (Å²) in [6, 6.07) is 25.1. The van der Waals surface area contributed by atoms with Gasteiger partial charge in [0.1, 0.15) is 0 Å². The standard InChI is InChI=1S/C24H23N5O/c1-17(2)19-12-14-20(15-13-19)23-26-28-29(27-23)16-18-8-10-21(11-9-18)24(30)25-22-6-4-3-5-7-22/h3-15,17H,16H2,1-2H3,(H,25,30). The van der Waals surface area contributed by atoms with Gasteiger partial charge in [0.15, 0.2) is 0 Å². The van der Waals surface area contributed by atoms with Gasteiger partial charge in [0.25, 0.3) is 5.91 Å². The Morgan fingerprint density at radius 2 is 1.63 bits per heavy atom. The molecule has 3 aromatic carbocycles. The first kappa shape index (κ1) is 19.5. The van der Waals surface area contributed by atoms with E-state index in [1.165, 1.54) is 5.56 Å². The van der Waals surface area contributed by atoms with Gasteiger partial charge in [-0.25, -0.2) is 0 Å². The van der Waals surface area contributed by atoms with Crippen LogP contribution in [0.4, 0.5) is 5.69 Å². The van der Waals surface area contributed by atoms with Crippen molar-refractivity contribution in [3.63, 3.8) is 0 Å². The van der Waals surface area contributed by atoms with Crippen LogP contribution >= 0.6 is 0 Å². The molecule has 4 rings (SSSR count). The van der Waals surface area contributed by atoms with E-state index in [1.54, 1.807) is 16.9 Å². The van der Waals surface area contributed by atoms with Crippen molar-refractivity contribution in [2.45, 2.75) is 26.3 Å². The van der Waals surface area contributed by atoms with Crippen molar-refractivity contribution in [3.05, 3.63) is 95.6 Å². The molecule has 0 aliphatic heterocycles. The molecular formula is C24H23N5O. The minimum absolute atomic E-state index is 0.140. The van der Waals surface area contributed by atoms with Crippen LogP contribution in [0.2, 0.25) is 0 Å². The largest absolute Gasteiger partial charge is 0.322 e. The van der Waals surface area contributed by atoms with E-state index in [2.05, 4.69) is 46.7 Å². The highest BCUT2D eigenvalue weighted by atomic mass is 16.1. The van der Waals surface area contributed by atoms with Crippen molar-refractivity contribution < 1.29 is 4.79 Å². The highest BCUT2D eigenvalue weighted by molar-refractivity contribution is 6.04. The summed E-state index contributed by atoms with van der Waals surface area (Å²) in [4.78, 5) is 13.9. The van der Waals surface area contributed by atoms with Crippen LogP contribution in [0.5, 0.6) is 0 Å². The lowest BCUT2D eigenvalue weighted by Gasteiger charge is -2.06. The van der Waals surface area contributed by atoms with Crippen LogP contribution in [0.25, 0.3) is 11.4 Å². The van der Waals surface area contributed by atoms with E-state index in [-0.39, 0.29) is 5.91 Å². The van der Waals surface area contributed by atoms with Crippen molar-refractivity contribution in [2.75, 3.05) is 5.32 Å². The molecule has 0 saturated heterocycles. The van der Waals surface area contributed by atoms with E-state index >= 15 is 0 Å². The van der Waals surface area contributed by atoms with Crippen LogP contribution in [-0.4, -0.2) is 26.1 Å². The van der Waals surface area contributed by atoms with Crippen molar-refractivity contribution in [2.24, 2.45) is 0 Å². The first-order valence-corrected chi connectivity index (χ1v) is 9.92. The smallest absolute Gasteiger partial charge is 0.255 e. The Balaban J connectivity index is 1.41. The molecule has 0 bridgehead atoms. The van der Waals surface area contributed by atoms with Crippen LogP contribution in [0.1, 0.15) is 41.3 Å². The van der Waals surface area contributed by atoms with Crippen molar-refractivity contribution >= 4 is 11.6 Å². The van der Waals surface area contributed by atoms with Gasteiger partial charge in [-0.15, -0.1) is 10.2 Å². The number of carbonyl (C=O) groups excluding carboxylic acids is 1. The fourth-order valence-electron chi connectivity index (χ4n) is 3.09. The number of tetrazole rings is 1. The zero-order chi connectivity index (χ0) is 20.9. The Labute approximate surface area is 175 Å². The predicted molar refractivity (Wildman–Crippen MR) is 117 cm³/mol. The van der Waals surface area contributed by atoms with E-state index in [9.17, 15) is 4.79 Å². The maximum Gasteiger partial charge on any atom is 0.255 e. The summed E-state index contributed by atoms with van der Waals surface area (Å²) >= 11 is 0. The van der Waals surface area contributed by atoms with Gasteiger partial charge in [0, 0.05) is 16.8 Å². The molecule has 0 aliphatic carbocycles. The number of amides is 1. The summed E-state index contributed by atoms with van der Waals surface area (Å²) < 4.78 is 0. The average molecular weight is 397 g/mol. The second kappa shape index (κ2) is 8.69. The van der Waals surface area contributed by atoms with Crippen LogP contribution in [0.3, 0.4) is 0 Å². The van der Waals surface area contributed by atoms with Crippen molar-refractivity contribution in [3.8, 4) is 11.4 Å². The number of rotatable bonds is 6. The van der Waals surface area contributed by atoms with Gasteiger partial charge < -0.3 is 5.32 Å². The third-order valence-corrected chi connectivity index (χ3v) is 4.86. The number of benzene rings is 3. The van der Waals surface area contributed by atoms with Gasteiger partial charge >= 0.3 is 0 Å². The average Bonchev–Trinajstić information content (AvgIpc) is 3.23. The maximum absolute atomic E-state index is 12.4. The summed E-state index contributed by atoms with van der Waals surface area (Å²) in [5, 5.41) is 15.7. The number of nitrogens with zero attached hydrogens (tertiary/aromatic N) is 4. The predicted octanol–water partition coefficient (Wildman–Crippen LogP) is 4.76. The molecule has 0 aliphatic rings. The van der Waals surface area contributed by atoms with E-state index in [1.807, 2.05) is 54.6 Å². The summed E-state index contributed by atoms with van der Waals surface area (Å²) in [5.41, 5.74) is 4.58. The zero-order valence-electron chi connectivity index (χ0n) is 17.0. The molecule has 1 amide bonds. The third-order valence-electron chi connectivity index (χ3n) is 4.86. The Morgan fingerprint density at radius 1 is 0.933 bits per heavy atom. The molecule has 0 radical (unpaired) electrons. The highest BCUT2D eigenvalue weighted by Gasteiger charge is 2.09. The molecule has 1 aromatic heterocycles. The lowest BCUT2D eigenvalue weighted by atomic mass is 10.0. The van der Waals surface area contributed by atoms with Crippen molar-refractivity contribution in [1.82, 2.24) is 20.2 Å². The molecule has 4 aromatic rings. The quantitative estimate of drug-likeness (QED) is 0.509. The van der Waals surface area contributed by atoms with E-state index in [0.29, 0.717) is 23.9 Å². The normalized spacial score (nSPS) is 10.9. The summed E-state index contributed by atoms with van der Waals surface area (Å²) in [5.74, 6) is 0.948. The zero-order valence-corrected chi connectivity index (χ0v) is 17.0. The third kappa shape index (κ3) is 4.60. The van der Waals surface area contributed by atoms with Gasteiger partial charge in [-0.2, -0.15) is 4.80 Å². The minimum atomic E-state index is -0.140. The molecule has 0 atom stereocenters. The summed E-state index contributed by atoms with van der Waals surface area (Å²) in [6.45, 7) is 4.82.